The number of nitrogens with zero attached hydrogens (tertiary/aromatic N) is 2. The van der Waals surface area contributed by atoms with Crippen LogP contribution in [0.5, 0.6) is 5.75 Å². The quantitative estimate of drug-likeness (QED) is 0.790. The number of halogens is 3. The van der Waals surface area contributed by atoms with E-state index >= 15 is 0 Å². The van der Waals surface area contributed by atoms with E-state index in [0.29, 0.717) is 16.5 Å². The Morgan fingerprint density at radius 3 is 2.57 bits per heavy atom. The zero-order valence-corrected chi connectivity index (χ0v) is 16.5. The second kappa shape index (κ2) is 8.48. The lowest BCUT2D eigenvalue weighted by atomic mass is 9.97. The average molecular weight is 420 g/mol. The van der Waals surface area contributed by atoms with Crippen molar-refractivity contribution in [1.29, 1.82) is 0 Å². The Morgan fingerprint density at radius 1 is 1.32 bits per heavy atom. The Balaban J connectivity index is 1.68. The van der Waals surface area contributed by atoms with Gasteiger partial charge in [0.2, 0.25) is 0 Å². The molecule has 5 atom stereocenters. The van der Waals surface area contributed by atoms with E-state index in [2.05, 4.69) is 4.99 Å². The highest BCUT2D eigenvalue weighted by molar-refractivity contribution is 8.14. The first-order valence-electron chi connectivity index (χ1n) is 8.75. The van der Waals surface area contributed by atoms with E-state index in [4.69, 9.17) is 14.2 Å². The summed E-state index contributed by atoms with van der Waals surface area (Å²) >= 11 is 1.21. The van der Waals surface area contributed by atoms with E-state index < -0.39 is 36.0 Å². The van der Waals surface area contributed by atoms with Gasteiger partial charge in [0.1, 0.15) is 17.2 Å². The number of methoxy groups -OCH3 is 1. The van der Waals surface area contributed by atoms with Crippen LogP contribution in [0.15, 0.2) is 29.3 Å². The van der Waals surface area contributed by atoms with Crippen molar-refractivity contribution >= 4 is 16.9 Å². The molecule has 156 valence electrons. The van der Waals surface area contributed by atoms with Crippen molar-refractivity contribution in [3.8, 4) is 5.75 Å². The molecule has 0 aromatic heterocycles. The summed E-state index contributed by atoms with van der Waals surface area (Å²) in [6, 6.07) is 6.02. The van der Waals surface area contributed by atoms with Gasteiger partial charge in [-0.25, -0.2) is 0 Å². The second-order valence-corrected chi connectivity index (χ2v) is 7.95. The van der Waals surface area contributed by atoms with Gasteiger partial charge in [-0.2, -0.15) is 13.2 Å². The minimum absolute atomic E-state index is 0.196. The highest BCUT2D eigenvalue weighted by Gasteiger charge is 2.53. The van der Waals surface area contributed by atoms with Crippen LogP contribution in [0.3, 0.4) is 0 Å². The number of thioether (sulfide) groups is 1. The molecule has 3 rings (SSSR count). The highest BCUT2D eigenvalue weighted by atomic mass is 32.2. The lowest BCUT2D eigenvalue weighted by Gasteiger charge is -2.38. The van der Waals surface area contributed by atoms with E-state index in [1.807, 2.05) is 0 Å². The molecule has 2 aliphatic heterocycles. The molecule has 1 fully saturated rings. The molecule has 10 heteroatoms. The van der Waals surface area contributed by atoms with Crippen LogP contribution in [-0.4, -0.2) is 72.3 Å². The van der Waals surface area contributed by atoms with Gasteiger partial charge in [0.05, 0.1) is 25.9 Å². The summed E-state index contributed by atoms with van der Waals surface area (Å²) in [5.41, 5.74) is -0.0849. The highest BCUT2D eigenvalue weighted by Crippen LogP contribution is 2.40. The van der Waals surface area contributed by atoms with Gasteiger partial charge in [-0.05, 0) is 17.7 Å². The van der Waals surface area contributed by atoms with Gasteiger partial charge in [-0.3, -0.25) is 4.99 Å². The molecule has 1 aromatic carbocycles. The van der Waals surface area contributed by atoms with Gasteiger partial charge in [-0.15, -0.1) is 0 Å². The molecule has 0 aliphatic carbocycles. The van der Waals surface area contributed by atoms with Crippen molar-refractivity contribution in [3.63, 3.8) is 0 Å². The first-order chi connectivity index (χ1) is 13.2. The van der Waals surface area contributed by atoms with E-state index in [1.54, 1.807) is 43.3 Å². The van der Waals surface area contributed by atoms with Crippen LogP contribution >= 0.6 is 11.8 Å². The predicted molar refractivity (Wildman–Crippen MR) is 99.4 cm³/mol. The largest absolute Gasteiger partial charge is 0.497 e. The SMILES string of the molecule is COc1ccc(CO[C@H]([C@@H]2C[C@H](O)[C@H]3N=C(N(C)C)S[C@H]3O2)C(F)(F)F)cc1. The summed E-state index contributed by atoms with van der Waals surface area (Å²) in [7, 11) is 5.07. The van der Waals surface area contributed by atoms with Crippen molar-refractivity contribution in [2.45, 2.75) is 49.0 Å². The molecule has 1 N–H and O–H groups in total. The maximum Gasteiger partial charge on any atom is 0.417 e. The van der Waals surface area contributed by atoms with Gasteiger partial charge in [0, 0.05) is 20.5 Å². The van der Waals surface area contributed by atoms with Gasteiger partial charge in [0.15, 0.2) is 11.3 Å². The topological polar surface area (TPSA) is 63.5 Å². The minimum Gasteiger partial charge on any atom is -0.497 e. The molecule has 0 saturated carbocycles. The van der Waals surface area contributed by atoms with Crippen LogP contribution < -0.4 is 4.74 Å². The Morgan fingerprint density at radius 2 is 2.00 bits per heavy atom. The van der Waals surface area contributed by atoms with Crippen LogP contribution in [0, 0.1) is 0 Å². The van der Waals surface area contributed by atoms with Gasteiger partial charge in [-0.1, -0.05) is 23.9 Å². The van der Waals surface area contributed by atoms with Crippen molar-refractivity contribution in [2.75, 3.05) is 21.2 Å². The number of aliphatic imine (C=N–C) groups is 1. The number of aliphatic hydroxyl groups is 1. The number of hydrogen-bond acceptors (Lipinski definition) is 7. The number of rotatable bonds is 5. The second-order valence-electron chi connectivity index (χ2n) is 6.88. The molecule has 2 aliphatic rings. The molecule has 2 heterocycles. The first-order valence-corrected chi connectivity index (χ1v) is 9.63. The number of aliphatic hydroxyl groups excluding tert-OH is 1. The first kappa shape index (κ1) is 21.2. The van der Waals surface area contributed by atoms with Crippen LogP contribution in [-0.2, 0) is 16.1 Å². The number of fused-ring (bicyclic) bond motifs is 1. The fraction of sp³-hybridized carbons (Fsp3) is 0.611. The number of hydrogen-bond donors (Lipinski definition) is 1. The third kappa shape index (κ3) is 4.73. The summed E-state index contributed by atoms with van der Waals surface area (Å²) in [5.74, 6) is 0.607. The summed E-state index contributed by atoms with van der Waals surface area (Å²) in [6.07, 6.45) is -9.30. The fourth-order valence-electron chi connectivity index (χ4n) is 3.11. The third-order valence-corrected chi connectivity index (χ3v) is 5.87. The van der Waals surface area contributed by atoms with E-state index in [1.165, 1.54) is 18.9 Å². The average Bonchev–Trinajstić information content (AvgIpc) is 3.06. The van der Waals surface area contributed by atoms with Crippen LogP contribution in [0.1, 0.15) is 12.0 Å². The van der Waals surface area contributed by atoms with Crippen LogP contribution in [0.4, 0.5) is 13.2 Å². The fourth-order valence-corrected chi connectivity index (χ4v) is 4.29. The van der Waals surface area contributed by atoms with Crippen molar-refractivity contribution in [1.82, 2.24) is 4.90 Å². The normalized spacial score (nSPS) is 28.5. The predicted octanol–water partition coefficient (Wildman–Crippen LogP) is 2.65. The standard InChI is InChI=1S/C18H23F3N2O4S/c1-23(2)17-22-14-12(24)8-13(27-16(14)28-17)15(18(19,20)21)26-9-10-4-6-11(25-3)7-5-10/h4-7,12-16,24H,8-9H2,1-3H3/t12-,13-,14+,15+,16+/m0/s1. The summed E-state index contributed by atoms with van der Waals surface area (Å²) in [5, 5.41) is 11.0. The van der Waals surface area contributed by atoms with E-state index in [-0.39, 0.29) is 13.0 Å². The molecule has 1 saturated heterocycles. The van der Waals surface area contributed by atoms with Crippen molar-refractivity contribution in [2.24, 2.45) is 4.99 Å². The molecule has 0 bridgehead atoms. The number of amidine groups is 1. The molecule has 0 unspecified atom stereocenters. The van der Waals surface area contributed by atoms with Gasteiger partial charge >= 0.3 is 6.18 Å². The Kier molecular flexibility index (Phi) is 6.43. The molecule has 6 nitrogen and oxygen atoms in total. The Labute approximate surface area is 165 Å². The van der Waals surface area contributed by atoms with E-state index in [0.717, 1.165) is 0 Å². The zero-order chi connectivity index (χ0) is 20.5. The van der Waals surface area contributed by atoms with Crippen molar-refractivity contribution in [3.05, 3.63) is 29.8 Å². The van der Waals surface area contributed by atoms with Gasteiger partial charge in [0.25, 0.3) is 0 Å². The maximum absolute atomic E-state index is 13.7. The number of ether oxygens (including phenoxy) is 3. The summed E-state index contributed by atoms with van der Waals surface area (Å²) < 4.78 is 56.9. The molecular formula is C18H23F3N2O4S. The third-order valence-electron chi connectivity index (χ3n) is 4.57. The molecule has 0 radical (unpaired) electrons. The Bertz CT molecular complexity index is 699. The molecule has 1 aromatic rings. The van der Waals surface area contributed by atoms with E-state index in [9.17, 15) is 18.3 Å². The Hall–Kier alpha value is -1.49. The molecular weight excluding hydrogens is 397 g/mol. The smallest absolute Gasteiger partial charge is 0.417 e. The molecule has 0 amide bonds. The number of benzene rings is 1. The zero-order valence-electron chi connectivity index (χ0n) is 15.7. The monoisotopic (exact) mass is 420 g/mol. The van der Waals surface area contributed by atoms with Gasteiger partial charge < -0.3 is 24.2 Å². The lowest BCUT2D eigenvalue weighted by molar-refractivity contribution is -0.267. The summed E-state index contributed by atoms with van der Waals surface area (Å²) in [6.45, 7) is -0.231. The maximum atomic E-state index is 13.7. The molecule has 28 heavy (non-hydrogen) atoms. The van der Waals surface area contributed by atoms with Crippen LogP contribution in [0.25, 0.3) is 0 Å². The summed E-state index contributed by atoms with van der Waals surface area (Å²) in [4.78, 5) is 6.10. The number of alkyl halides is 3. The lowest BCUT2D eigenvalue weighted by Crippen LogP contribution is -2.53. The minimum atomic E-state index is -4.63. The molecule has 0 spiro atoms. The van der Waals surface area contributed by atoms with Crippen LogP contribution in [0.2, 0.25) is 0 Å². The van der Waals surface area contributed by atoms with Crippen molar-refractivity contribution < 1.29 is 32.5 Å².